The minimum absolute atomic E-state index is 0. The molecule has 6 nitrogen and oxygen atoms in total. The Kier molecular flexibility index (Phi) is 7.51. The quantitative estimate of drug-likeness (QED) is 0.466. The SMILES string of the molecule is Br.CCOc1ccc(Nc2nc(-c3ccc(S(=O)(=O)N4CCCC4)cc3)cs2)cc1. The number of sulfonamides is 1. The van der Waals surface area contributed by atoms with Crippen molar-refractivity contribution in [2.24, 2.45) is 0 Å². The van der Waals surface area contributed by atoms with Crippen molar-refractivity contribution in [2.45, 2.75) is 24.7 Å². The summed E-state index contributed by atoms with van der Waals surface area (Å²) in [5, 5.41) is 6.02. The Bertz CT molecular complexity index is 1060. The molecule has 0 amide bonds. The highest BCUT2D eigenvalue weighted by Crippen LogP contribution is 2.29. The number of nitrogens with zero attached hydrogens (tertiary/aromatic N) is 2. The lowest BCUT2D eigenvalue weighted by atomic mass is 10.2. The van der Waals surface area contributed by atoms with Gasteiger partial charge in [-0.05, 0) is 56.2 Å². The summed E-state index contributed by atoms with van der Waals surface area (Å²) in [6.07, 6.45) is 1.86. The zero-order chi connectivity index (χ0) is 20.3. The smallest absolute Gasteiger partial charge is 0.243 e. The number of ether oxygens (including phenoxy) is 1. The number of anilines is 2. The van der Waals surface area contributed by atoms with Crippen molar-refractivity contribution < 1.29 is 13.2 Å². The molecule has 9 heteroatoms. The normalized spacial score (nSPS) is 14.3. The summed E-state index contributed by atoms with van der Waals surface area (Å²) in [7, 11) is -3.39. The Balaban J connectivity index is 0.00000256. The Morgan fingerprint density at radius 1 is 1.07 bits per heavy atom. The maximum atomic E-state index is 12.6. The summed E-state index contributed by atoms with van der Waals surface area (Å²) in [6.45, 7) is 3.81. The second-order valence-corrected chi connectivity index (χ2v) is 9.55. The molecule has 2 aromatic carbocycles. The molecule has 0 radical (unpaired) electrons. The van der Waals surface area contributed by atoms with Gasteiger partial charge in [0.15, 0.2) is 5.13 Å². The second-order valence-electron chi connectivity index (χ2n) is 6.76. The standard InChI is InChI=1S/C21H23N3O3S2.BrH/c1-2-27-18-9-7-17(8-10-18)22-21-23-20(15-28-21)16-5-11-19(12-6-16)29(25,26)24-13-3-4-14-24;/h5-12,15H,2-4,13-14H2,1H3,(H,22,23);1H. The van der Waals surface area contributed by atoms with E-state index in [4.69, 9.17) is 4.74 Å². The van der Waals surface area contributed by atoms with Crippen LogP contribution in [0, 0.1) is 0 Å². The topological polar surface area (TPSA) is 71.5 Å². The van der Waals surface area contributed by atoms with Gasteiger partial charge in [0.2, 0.25) is 10.0 Å². The van der Waals surface area contributed by atoms with E-state index >= 15 is 0 Å². The highest BCUT2D eigenvalue weighted by atomic mass is 79.9. The Morgan fingerprint density at radius 2 is 1.73 bits per heavy atom. The molecule has 30 heavy (non-hydrogen) atoms. The molecule has 1 aliphatic heterocycles. The van der Waals surface area contributed by atoms with E-state index < -0.39 is 10.0 Å². The highest BCUT2D eigenvalue weighted by molar-refractivity contribution is 8.93. The summed E-state index contributed by atoms with van der Waals surface area (Å²) in [6, 6.07) is 14.7. The van der Waals surface area contributed by atoms with E-state index in [1.165, 1.54) is 11.3 Å². The van der Waals surface area contributed by atoms with Gasteiger partial charge in [0.25, 0.3) is 0 Å². The van der Waals surface area contributed by atoms with Crippen LogP contribution in [-0.4, -0.2) is 37.4 Å². The average Bonchev–Trinajstić information content (AvgIpc) is 3.42. The minimum atomic E-state index is -3.39. The van der Waals surface area contributed by atoms with Gasteiger partial charge < -0.3 is 10.1 Å². The van der Waals surface area contributed by atoms with Crippen LogP contribution in [0.2, 0.25) is 0 Å². The molecule has 0 atom stereocenters. The number of thiazole rings is 1. The number of benzene rings is 2. The summed E-state index contributed by atoms with van der Waals surface area (Å²) in [4.78, 5) is 4.96. The van der Waals surface area contributed by atoms with Crippen LogP contribution in [0.25, 0.3) is 11.3 Å². The summed E-state index contributed by atoms with van der Waals surface area (Å²) >= 11 is 1.50. The summed E-state index contributed by atoms with van der Waals surface area (Å²) in [5.74, 6) is 0.835. The second kappa shape index (κ2) is 9.91. The van der Waals surface area contributed by atoms with E-state index in [-0.39, 0.29) is 17.0 Å². The largest absolute Gasteiger partial charge is 0.494 e. The molecule has 1 aliphatic rings. The van der Waals surface area contributed by atoms with Crippen LogP contribution in [0.4, 0.5) is 10.8 Å². The van der Waals surface area contributed by atoms with Crippen LogP contribution in [0.3, 0.4) is 0 Å². The van der Waals surface area contributed by atoms with Crippen LogP contribution in [0.15, 0.2) is 58.8 Å². The monoisotopic (exact) mass is 509 g/mol. The van der Waals surface area contributed by atoms with Gasteiger partial charge in [-0.25, -0.2) is 13.4 Å². The van der Waals surface area contributed by atoms with Gasteiger partial charge in [-0.3, -0.25) is 0 Å². The minimum Gasteiger partial charge on any atom is -0.494 e. The van der Waals surface area contributed by atoms with Crippen LogP contribution in [-0.2, 0) is 10.0 Å². The molecule has 0 bridgehead atoms. The van der Waals surface area contributed by atoms with Crippen LogP contribution < -0.4 is 10.1 Å². The van der Waals surface area contributed by atoms with Gasteiger partial charge in [0.1, 0.15) is 5.75 Å². The van der Waals surface area contributed by atoms with Gasteiger partial charge in [0, 0.05) is 29.7 Å². The third-order valence-electron chi connectivity index (χ3n) is 4.77. The molecule has 0 saturated carbocycles. The lowest BCUT2D eigenvalue weighted by molar-refractivity contribution is 0.340. The predicted octanol–water partition coefficient (Wildman–Crippen LogP) is 5.31. The van der Waals surface area contributed by atoms with Gasteiger partial charge >= 0.3 is 0 Å². The van der Waals surface area contributed by atoms with Crippen molar-refractivity contribution in [3.63, 3.8) is 0 Å². The van der Waals surface area contributed by atoms with E-state index in [2.05, 4.69) is 10.3 Å². The lowest BCUT2D eigenvalue weighted by Crippen LogP contribution is -2.27. The molecule has 0 spiro atoms. The maximum absolute atomic E-state index is 12.6. The zero-order valence-corrected chi connectivity index (χ0v) is 19.9. The van der Waals surface area contributed by atoms with Crippen molar-refractivity contribution in [1.82, 2.24) is 9.29 Å². The first-order valence-corrected chi connectivity index (χ1v) is 11.9. The van der Waals surface area contributed by atoms with E-state index in [1.54, 1.807) is 16.4 Å². The first-order chi connectivity index (χ1) is 14.1. The fraction of sp³-hybridized carbons (Fsp3) is 0.286. The molecule has 1 aromatic heterocycles. The zero-order valence-electron chi connectivity index (χ0n) is 16.6. The molecular weight excluding hydrogens is 486 g/mol. The van der Waals surface area contributed by atoms with Crippen LogP contribution >= 0.6 is 28.3 Å². The number of nitrogens with one attached hydrogen (secondary N) is 1. The Hall–Kier alpha value is -1.94. The van der Waals surface area contributed by atoms with Crippen molar-refractivity contribution in [1.29, 1.82) is 0 Å². The van der Waals surface area contributed by atoms with Crippen molar-refractivity contribution >= 4 is 49.2 Å². The molecule has 2 heterocycles. The number of hydrogen-bond donors (Lipinski definition) is 1. The molecule has 1 N–H and O–H groups in total. The molecule has 1 fully saturated rings. The summed E-state index contributed by atoms with van der Waals surface area (Å²) in [5.41, 5.74) is 2.64. The third-order valence-corrected chi connectivity index (χ3v) is 7.44. The van der Waals surface area contributed by atoms with Crippen molar-refractivity contribution in [3.05, 3.63) is 53.9 Å². The maximum Gasteiger partial charge on any atom is 0.243 e. The van der Waals surface area contributed by atoms with Crippen LogP contribution in [0.1, 0.15) is 19.8 Å². The third kappa shape index (κ3) is 5.03. The molecule has 4 rings (SSSR count). The number of rotatable bonds is 7. The Labute approximate surface area is 191 Å². The van der Waals surface area contributed by atoms with Gasteiger partial charge in [0.05, 0.1) is 17.2 Å². The molecular formula is C21H24BrN3O3S2. The lowest BCUT2D eigenvalue weighted by Gasteiger charge is -2.15. The average molecular weight is 510 g/mol. The van der Waals surface area contributed by atoms with Gasteiger partial charge in [-0.2, -0.15) is 4.31 Å². The predicted molar refractivity (Wildman–Crippen MR) is 127 cm³/mol. The van der Waals surface area contributed by atoms with E-state index in [0.717, 1.165) is 40.7 Å². The van der Waals surface area contributed by atoms with E-state index in [0.29, 0.717) is 24.6 Å². The molecule has 160 valence electrons. The molecule has 1 saturated heterocycles. The fourth-order valence-electron chi connectivity index (χ4n) is 3.26. The molecule has 0 aliphatic carbocycles. The van der Waals surface area contributed by atoms with E-state index in [1.807, 2.05) is 48.7 Å². The van der Waals surface area contributed by atoms with Gasteiger partial charge in [-0.15, -0.1) is 28.3 Å². The van der Waals surface area contributed by atoms with Crippen molar-refractivity contribution in [3.8, 4) is 17.0 Å². The first-order valence-electron chi connectivity index (χ1n) is 9.62. The molecule has 0 unspecified atom stereocenters. The van der Waals surface area contributed by atoms with Crippen molar-refractivity contribution in [2.75, 3.05) is 25.0 Å². The Morgan fingerprint density at radius 3 is 2.37 bits per heavy atom. The number of hydrogen-bond acceptors (Lipinski definition) is 6. The first kappa shape index (κ1) is 22.7. The molecule has 3 aromatic rings. The fourth-order valence-corrected chi connectivity index (χ4v) is 5.52. The van der Waals surface area contributed by atoms with Crippen LogP contribution in [0.5, 0.6) is 5.75 Å². The van der Waals surface area contributed by atoms with E-state index in [9.17, 15) is 8.42 Å². The summed E-state index contributed by atoms with van der Waals surface area (Å²) < 4.78 is 32.3. The number of aromatic nitrogens is 1. The van der Waals surface area contributed by atoms with Gasteiger partial charge in [-0.1, -0.05) is 12.1 Å². The number of halogens is 1. The highest BCUT2D eigenvalue weighted by Gasteiger charge is 2.27.